The van der Waals surface area contributed by atoms with Crippen LogP contribution < -0.4 is 20.3 Å². The zero-order chi connectivity index (χ0) is 27.8. The molecule has 0 aliphatic carbocycles. The SMILES string of the molecule is CCOc1ncccc1-c1ccc2c(c1)N(CC(C)N)CC21CCN(c2ccc(C(F)(F)F)cc2C#N)CC1. The lowest BCUT2D eigenvalue weighted by atomic mass is 9.74. The number of pyridine rings is 1. The van der Waals surface area contributed by atoms with Gasteiger partial charge in [-0.15, -0.1) is 0 Å². The van der Waals surface area contributed by atoms with Gasteiger partial charge in [-0.3, -0.25) is 0 Å². The summed E-state index contributed by atoms with van der Waals surface area (Å²) in [6, 6.07) is 15.8. The van der Waals surface area contributed by atoms with E-state index in [1.807, 2.05) is 36.9 Å². The van der Waals surface area contributed by atoms with Crippen molar-refractivity contribution in [1.29, 1.82) is 5.26 Å². The van der Waals surface area contributed by atoms with Gasteiger partial charge in [-0.05, 0) is 74.2 Å². The Balaban J connectivity index is 1.45. The first-order chi connectivity index (χ1) is 18.6. The third-order valence-corrected chi connectivity index (χ3v) is 7.78. The number of nitrogens with zero attached hydrogens (tertiary/aromatic N) is 4. The van der Waals surface area contributed by atoms with Crippen molar-refractivity contribution in [3.63, 3.8) is 0 Å². The molecular formula is C30H32F3N5O. The highest BCUT2D eigenvalue weighted by molar-refractivity contribution is 5.76. The minimum atomic E-state index is -4.48. The van der Waals surface area contributed by atoms with E-state index in [1.165, 1.54) is 11.6 Å². The summed E-state index contributed by atoms with van der Waals surface area (Å²) in [7, 11) is 0. The van der Waals surface area contributed by atoms with E-state index in [1.54, 1.807) is 6.20 Å². The zero-order valence-electron chi connectivity index (χ0n) is 22.1. The molecule has 1 aromatic heterocycles. The minimum Gasteiger partial charge on any atom is -0.478 e. The molecule has 1 saturated heterocycles. The van der Waals surface area contributed by atoms with Gasteiger partial charge >= 0.3 is 6.18 Å². The average molecular weight is 536 g/mol. The van der Waals surface area contributed by atoms with E-state index in [2.05, 4.69) is 28.1 Å². The van der Waals surface area contributed by atoms with Crippen LogP contribution in [-0.2, 0) is 11.6 Å². The molecule has 0 saturated carbocycles. The number of fused-ring (bicyclic) bond motifs is 2. The van der Waals surface area contributed by atoms with Crippen LogP contribution in [0.1, 0.15) is 43.4 Å². The van der Waals surface area contributed by atoms with Gasteiger partial charge in [0, 0.05) is 55.1 Å². The highest BCUT2D eigenvalue weighted by Crippen LogP contribution is 2.49. The van der Waals surface area contributed by atoms with E-state index < -0.39 is 11.7 Å². The second-order valence-corrected chi connectivity index (χ2v) is 10.5. The van der Waals surface area contributed by atoms with Crippen LogP contribution in [-0.4, -0.2) is 43.8 Å². The second-order valence-electron chi connectivity index (χ2n) is 10.5. The Bertz CT molecular complexity index is 1390. The van der Waals surface area contributed by atoms with E-state index >= 15 is 0 Å². The van der Waals surface area contributed by atoms with Crippen LogP contribution >= 0.6 is 0 Å². The number of nitrogens with two attached hydrogens (primary N) is 1. The molecular weight excluding hydrogens is 503 g/mol. The third kappa shape index (κ3) is 5.13. The molecule has 3 heterocycles. The monoisotopic (exact) mass is 535 g/mol. The number of alkyl halides is 3. The fourth-order valence-corrected chi connectivity index (χ4v) is 6.00. The van der Waals surface area contributed by atoms with Gasteiger partial charge in [0.1, 0.15) is 6.07 Å². The first-order valence-electron chi connectivity index (χ1n) is 13.2. The maximum Gasteiger partial charge on any atom is 0.416 e. The fourth-order valence-electron chi connectivity index (χ4n) is 6.00. The van der Waals surface area contributed by atoms with E-state index in [0.29, 0.717) is 37.8 Å². The maximum absolute atomic E-state index is 13.2. The number of benzene rings is 2. The Labute approximate surface area is 226 Å². The van der Waals surface area contributed by atoms with Crippen molar-refractivity contribution in [2.75, 3.05) is 42.6 Å². The Hall–Kier alpha value is -3.77. The molecule has 204 valence electrons. The summed E-state index contributed by atoms with van der Waals surface area (Å²) in [5, 5.41) is 9.59. The lowest BCUT2D eigenvalue weighted by Crippen LogP contribution is -2.46. The molecule has 1 fully saturated rings. The lowest BCUT2D eigenvalue weighted by molar-refractivity contribution is -0.137. The second kappa shape index (κ2) is 10.4. The van der Waals surface area contributed by atoms with Crippen LogP contribution in [0.2, 0.25) is 0 Å². The van der Waals surface area contributed by atoms with E-state index in [-0.39, 0.29) is 17.0 Å². The van der Waals surface area contributed by atoms with Gasteiger partial charge in [0.15, 0.2) is 0 Å². The van der Waals surface area contributed by atoms with Gasteiger partial charge in [-0.25, -0.2) is 4.98 Å². The number of hydrogen-bond donors (Lipinski definition) is 1. The Morgan fingerprint density at radius 1 is 1.13 bits per heavy atom. The quantitative estimate of drug-likeness (QED) is 0.434. The van der Waals surface area contributed by atoms with Crippen LogP contribution in [0.25, 0.3) is 11.1 Å². The van der Waals surface area contributed by atoms with Crippen molar-refractivity contribution in [1.82, 2.24) is 4.98 Å². The summed E-state index contributed by atoms with van der Waals surface area (Å²) >= 11 is 0. The highest BCUT2D eigenvalue weighted by atomic mass is 19.4. The molecule has 2 aliphatic rings. The van der Waals surface area contributed by atoms with E-state index in [9.17, 15) is 18.4 Å². The summed E-state index contributed by atoms with van der Waals surface area (Å²) in [5.74, 6) is 0.601. The zero-order valence-corrected chi connectivity index (χ0v) is 22.1. The van der Waals surface area contributed by atoms with E-state index in [0.717, 1.165) is 48.3 Å². The molecule has 3 aromatic rings. The third-order valence-electron chi connectivity index (χ3n) is 7.78. The van der Waals surface area contributed by atoms with Crippen molar-refractivity contribution < 1.29 is 17.9 Å². The number of rotatable bonds is 6. The van der Waals surface area contributed by atoms with Gasteiger partial charge in [0.25, 0.3) is 0 Å². The predicted molar refractivity (Wildman–Crippen MR) is 146 cm³/mol. The summed E-state index contributed by atoms with van der Waals surface area (Å²) in [6.45, 7) is 7.29. The molecule has 39 heavy (non-hydrogen) atoms. The highest BCUT2D eigenvalue weighted by Gasteiger charge is 2.45. The van der Waals surface area contributed by atoms with Crippen molar-refractivity contribution in [2.24, 2.45) is 5.73 Å². The van der Waals surface area contributed by atoms with Gasteiger partial charge in [-0.1, -0.05) is 12.1 Å². The summed E-state index contributed by atoms with van der Waals surface area (Å²) in [4.78, 5) is 8.81. The smallest absolute Gasteiger partial charge is 0.416 e. The van der Waals surface area contributed by atoms with Crippen molar-refractivity contribution in [3.8, 4) is 23.1 Å². The normalized spacial score (nSPS) is 17.2. The van der Waals surface area contributed by atoms with Crippen LogP contribution in [0.3, 0.4) is 0 Å². The van der Waals surface area contributed by atoms with E-state index in [4.69, 9.17) is 10.5 Å². The van der Waals surface area contributed by atoms with Crippen LogP contribution in [0.4, 0.5) is 24.5 Å². The number of hydrogen-bond acceptors (Lipinski definition) is 6. The molecule has 0 radical (unpaired) electrons. The standard InChI is InChI=1S/C30H32F3N5O/c1-3-39-28-24(5-4-12-36-28)21-6-8-25-27(16-21)38(18-20(2)35)19-29(25)10-13-37(14-11-29)26-9-7-23(30(31,32)33)15-22(26)17-34/h4-9,12,15-16,20H,3,10-11,13-14,18-19,35H2,1-2H3. The molecule has 5 rings (SSSR count). The number of halogens is 3. The largest absolute Gasteiger partial charge is 0.478 e. The molecule has 1 spiro atoms. The molecule has 1 atom stereocenters. The molecule has 0 bridgehead atoms. The van der Waals surface area contributed by atoms with Gasteiger partial charge in [-0.2, -0.15) is 18.4 Å². The van der Waals surface area contributed by atoms with Crippen molar-refractivity contribution in [2.45, 2.75) is 44.3 Å². The van der Waals surface area contributed by atoms with Crippen LogP contribution in [0.5, 0.6) is 5.88 Å². The fraction of sp³-hybridized carbons (Fsp3) is 0.400. The number of ether oxygens (including phenoxy) is 1. The van der Waals surface area contributed by atoms with Gasteiger partial charge in [0.05, 0.1) is 23.4 Å². The number of piperidine rings is 1. The number of nitriles is 1. The molecule has 6 nitrogen and oxygen atoms in total. The Morgan fingerprint density at radius 2 is 1.90 bits per heavy atom. The first-order valence-corrected chi connectivity index (χ1v) is 13.2. The molecule has 9 heteroatoms. The predicted octanol–water partition coefficient (Wildman–Crippen LogP) is 5.74. The van der Waals surface area contributed by atoms with Crippen molar-refractivity contribution >= 4 is 11.4 Å². The van der Waals surface area contributed by atoms with Crippen molar-refractivity contribution in [3.05, 3.63) is 71.4 Å². The van der Waals surface area contributed by atoms with Crippen LogP contribution in [0, 0.1) is 11.3 Å². The number of aromatic nitrogens is 1. The Kier molecular flexibility index (Phi) is 7.17. The molecule has 1 unspecified atom stereocenters. The Morgan fingerprint density at radius 3 is 2.56 bits per heavy atom. The van der Waals surface area contributed by atoms with Gasteiger partial charge in [0.2, 0.25) is 5.88 Å². The minimum absolute atomic E-state index is 0.0144. The molecule has 2 N–H and O–H groups in total. The molecule has 0 amide bonds. The topological polar surface area (TPSA) is 78.4 Å². The van der Waals surface area contributed by atoms with Gasteiger partial charge < -0.3 is 20.3 Å². The summed E-state index contributed by atoms with van der Waals surface area (Å²) in [6.07, 6.45) is -1.12. The maximum atomic E-state index is 13.2. The average Bonchev–Trinajstić information content (AvgIpc) is 3.20. The number of anilines is 2. The summed E-state index contributed by atoms with van der Waals surface area (Å²) < 4.78 is 45.4. The molecule has 2 aliphatic heterocycles. The lowest BCUT2D eigenvalue weighted by Gasteiger charge is -2.41. The first kappa shape index (κ1) is 26.8. The summed E-state index contributed by atoms with van der Waals surface area (Å²) in [5.41, 5.74) is 10.3. The van der Waals surface area contributed by atoms with Crippen LogP contribution in [0.15, 0.2) is 54.7 Å². The molecule has 2 aromatic carbocycles.